The molecule has 256 valence electrons. The van der Waals surface area contributed by atoms with Crippen molar-refractivity contribution in [2.24, 2.45) is 0 Å². The predicted octanol–water partition coefficient (Wildman–Crippen LogP) is 5.73. The van der Waals surface area contributed by atoms with Gasteiger partial charge in [-0.1, -0.05) is 23.7 Å². The maximum Gasteiger partial charge on any atom is 0.248 e. The van der Waals surface area contributed by atoms with Crippen LogP contribution in [0.4, 0.5) is 17.1 Å². The van der Waals surface area contributed by atoms with E-state index in [-0.39, 0.29) is 18.6 Å². The number of aromatic nitrogens is 2. The molecule has 3 heterocycles. The Kier molecular flexibility index (Phi) is 13.1. The van der Waals surface area contributed by atoms with Gasteiger partial charge >= 0.3 is 0 Å². The SMILES string of the molecule is COCCN(CC=CC(=O)Nc1cc2c(Nc3ccc(OCc4ccccn4)c(Cl)c3)c(C#N)cnc2cc1OC1CCOC1)CCOC. The summed E-state index contributed by atoms with van der Waals surface area (Å²) in [4.78, 5) is 24.1. The first-order valence-electron chi connectivity index (χ1n) is 15.9. The van der Waals surface area contributed by atoms with Crippen molar-refractivity contribution in [1.82, 2.24) is 14.9 Å². The van der Waals surface area contributed by atoms with Crippen LogP contribution in [0.3, 0.4) is 0 Å². The minimum absolute atomic E-state index is 0.171. The number of amides is 1. The molecule has 49 heavy (non-hydrogen) atoms. The molecule has 1 unspecified atom stereocenters. The molecular formula is C36H39ClN6O6. The average Bonchev–Trinajstić information content (AvgIpc) is 3.63. The number of carbonyl (C=O) groups excluding carboxylic acids is 1. The second-order valence-electron chi connectivity index (χ2n) is 11.2. The number of nitrogens with zero attached hydrogens (tertiary/aromatic N) is 4. The first-order chi connectivity index (χ1) is 24.0. The number of hydrogen-bond donors (Lipinski definition) is 2. The number of benzene rings is 2. The summed E-state index contributed by atoms with van der Waals surface area (Å²) in [5.41, 5.74) is 3.21. The number of carbonyl (C=O) groups is 1. The third-order valence-electron chi connectivity index (χ3n) is 7.69. The lowest BCUT2D eigenvalue weighted by atomic mass is 10.1. The van der Waals surface area contributed by atoms with Crippen LogP contribution >= 0.6 is 11.6 Å². The molecule has 0 saturated carbocycles. The van der Waals surface area contributed by atoms with Crippen molar-refractivity contribution in [3.63, 3.8) is 0 Å². The normalized spacial score (nSPS) is 14.3. The van der Waals surface area contributed by atoms with Gasteiger partial charge in [0, 0.05) is 75.9 Å². The van der Waals surface area contributed by atoms with Crippen molar-refractivity contribution in [3.05, 3.63) is 89.4 Å². The van der Waals surface area contributed by atoms with Gasteiger partial charge in [-0.3, -0.25) is 19.7 Å². The summed E-state index contributed by atoms with van der Waals surface area (Å²) in [6, 6.07) is 16.6. The second kappa shape index (κ2) is 18.1. The molecule has 1 saturated heterocycles. The zero-order chi connectivity index (χ0) is 34.4. The summed E-state index contributed by atoms with van der Waals surface area (Å²) >= 11 is 6.59. The van der Waals surface area contributed by atoms with Crippen molar-refractivity contribution >= 4 is 45.5 Å². The third kappa shape index (κ3) is 10.1. The van der Waals surface area contributed by atoms with Gasteiger partial charge in [0.15, 0.2) is 0 Å². The fourth-order valence-corrected chi connectivity index (χ4v) is 5.35. The number of nitriles is 1. The van der Waals surface area contributed by atoms with Crippen LogP contribution in [0.25, 0.3) is 10.9 Å². The molecule has 5 rings (SSSR count). The molecule has 0 bridgehead atoms. The van der Waals surface area contributed by atoms with E-state index >= 15 is 0 Å². The zero-order valence-corrected chi connectivity index (χ0v) is 28.2. The molecule has 1 aliphatic rings. The molecule has 1 atom stereocenters. The van der Waals surface area contributed by atoms with Crippen LogP contribution in [0.5, 0.6) is 11.5 Å². The zero-order valence-electron chi connectivity index (χ0n) is 27.5. The fourth-order valence-electron chi connectivity index (χ4n) is 5.11. The second-order valence-corrected chi connectivity index (χ2v) is 11.6. The first-order valence-corrected chi connectivity index (χ1v) is 16.2. The number of fused-ring (bicyclic) bond motifs is 1. The van der Waals surface area contributed by atoms with E-state index in [1.165, 1.54) is 12.3 Å². The number of halogens is 1. The maximum atomic E-state index is 13.2. The summed E-state index contributed by atoms with van der Waals surface area (Å²) < 4.78 is 28.1. The molecule has 0 radical (unpaired) electrons. The van der Waals surface area contributed by atoms with Crippen LogP contribution in [0.2, 0.25) is 5.02 Å². The van der Waals surface area contributed by atoms with Gasteiger partial charge in [0.1, 0.15) is 30.3 Å². The minimum Gasteiger partial charge on any atom is -0.486 e. The summed E-state index contributed by atoms with van der Waals surface area (Å²) in [5, 5.41) is 17.3. The Bertz CT molecular complexity index is 1770. The summed E-state index contributed by atoms with van der Waals surface area (Å²) in [6.07, 6.45) is 7.04. The highest BCUT2D eigenvalue weighted by Gasteiger charge is 2.21. The number of pyridine rings is 2. The molecule has 13 heteroatoms. The number of ether oxygens (including phenoxy) is 5. The van der Waals surface area contributed by atoms with Crippen LogP contribution in [-0.4, -0.2) is 87.2 Å². The van der Waals surface area contributed by atoms with E-state index in [2.05, 4.69) is 31.6 Å². The van der Waals surface area contributed by atoms with Gasteiger partial charge in [0.25, 0.3) is 0 Å². The van der Waals surface area contributed by atoms with Gasteiger partial charge < -0.3 is 34.3 Å². The van der Waals surface area contributed by atoms with Crippen molar-refractivity contribution in [1.29, 1.82) is 5.26 Å². The lowest BCUT2D eigenvalue weighted by molar-refractivity contribution is -0.111. The van der Waals surface area contributed by atoms with Gasteiger partial charge in [-0.25, -0.2) is 0 Å². The lowest BCUT2D eigenvalue weighted by Gasteiger charge is -2.20. The van der Waals surface area contributed by atoms with E-state index in [1.807, 2.05) is 18.2 Å². The maximum absolute atomic E-state index is 13.2. The molecule has 0 aliphatic carbocycles. The minimum atomic E-state index is -0.336. The molecule has 1 fully saturated rings. The molecule has 2 aromatic heterocycles. The molecule has 1 amide bonds. The van der Waals surface area contributed by atoms with Crippen LogP contribution in [0, 0.1) is 11.3 Å². The molecule has 0 spiro atoms. The molecule has 4 aromatic rings. The van der Waals surface area contributed by atoms with Gasteiger partial charge in [-0.2, -0.15) is 5.26 Å². The van der Waals surface area contributed by atoms with Crippen LogP contribution in [0.1, 0.15) is 17.7 Å². The predicted molar refractivity (Wildman–Crippen MR) is 188 cm³/mol. The van der Waals surface area contributed by atoms with E-state index in [9.17, 15) is 10.1 Å². The van der Waals surface area contributed by atoms with Crippen molar-refractivity contribution < 1.29 is 28.5 Å². The highest BCUT2D eigenvalue weighted by molar-refractivity contribution is 6.32. The summed E-state index contributed by atoms with van der Waals surface area (Å²) in [6.45, 7) is 4.39. The topological polar surface area (TPSA) is 140 Å². The van der Waals surface area contributed by atoms with Crippen molar-refractivity contribution in [3.8, 4) is 17.6 Å². The Morgan fingerprint density at radius 3 is 2.65 bits per heavy atom. The van der Waals surface area contributed by atoms with E-state index in [1.54, 1.807) is 56.8 Å². The third-order valence-corrected chi connectivity index (χ3v) is 7.98. The van der Waals surface area contributed by atoms with Gasteiger partial charge in [0.05, 0.1) is 59.6 Å². The number of rotatable bonds is 17. The van der Waals surface area contributed by atoms with Crippen molar-refractivity contribution in [2.45, 2.75) is 19.1 Å². The Morgan fingerprint density at radius 2 is 1.96 bits per heavy atom. The molecule has 2 N–H and O–H groups in total. The average molecular weight is 687 g/mol. The van der Waals surface area contributed by atoms with Gasteiger partial charge in [0.2, 0.25) is 5.91 Å². The summed E-state index contributed by atoms with van der Waals surface area (Å²) in [7, 11) is 3.31. The van der Waals surface area contributed by atoms with Gasteiger partial charge in [-0.05, 0) is 36.4 Å². The number of nitrogens with one attached hydrogen (secondary N) is 2. The van der Waals surface area contributed by atoms with Crippen LogP contribution in [-0.2, 0) is 25.6 Å². The van der Waals surface area contributed by atoms with Crippen molar-refractivity contribution in [2.75, 3.05) is 70.9 Å². The number of hydrogen-bond acceptors (Lipinski definition) is 11. The lowest BCUT2D eigenvalue weighted by Crippen LogP contribution is -2.31. The first kappa shape index (κ1) is 35.5. The largest absolute Gasteiger partial charge is 0.486 e. The van der Waals surface area contributed by atoms with E-state index < -0.39 is 0 Å². The smallest absolute Gasteiger partial charge is 0.248 e. The Balaban J connectivity index is 1.40. The standard InChI is InChI=1S/C36H39ClN6O6/c1-45-16-13-43(14-17-46-2)12-5-7-35(44)42-32-19-29-31(20-34(32)49-28-10-15-47-24-28)40-22-25(21-38)36(29)41-26-8-9-33(30(37)18-26)48-23-27-6-3-4-11-39-27/h3-9,11,18-20,22,28H,10,12-17,23-24H2,1-2H3,(H,40,41)(H,42,44). The van der Waals surface area contributed by atoms with Gasteiger partial charge in [-0.15, -0.1) is 0 Å². The Hall–Kier alpha value is -4.77. The highest BCUT2D eigenvalue weighted by Crippen LogP contribution is 2.38. The quantitative estimate of drug-likeness (QED) is 0.132. The molecular weight excluding hydrogens is 648 g/mol. The fraction of sp³-hybridized carbons (Fsp3) is 0.333. The highest BCUT2D eigenvalue weighted by atomic mass is 35.5. The Labute approximate surface area is 290 Å². The molecule has 1 aliphatic heterocycles. The van der Waals surface area contributed by atoms with E-state index in [0.29, 0.717) is 96.1 Å². The molecule has 2 aromatic carbocycles. The Morgan fingerprint density at radius 1 is 1.12 bits per heavy atom. The van der Waals surface area contributed by atoms with E-state index in [4.69, 9.17) is 35.3 Å². The number of methoxy groups -OCH3 is 2. The van der Waals surface area contributed by atoms with Crippen LogP contribution < -0.4 is 20.1 Å². The van der Waals surface area contributed by atoms with Crippen LogP contribution in [0.15, 0.2) is 73.1 Å². The van der Waals surface area contributed by atoms with E-state index in [0.717, 1.165) is 12.1 Å². The molecule has 12 nitrogen and oxygen atoms in total. The monoisotopic (exact) mass is 686 g/mol. The summed E-state index contributed by atoms with van der Waals surface area (Å²) in [5.74, 6) is 0.610. The number of anilines is 3.